The lowest BCUT2D eigenvalue weighted by molar-refractivity contribution is -0.121. The Balaban J connectivity index is 1.40. The van der Waals surface area contributed by atoms with E-state index in [2.05, 4.69) is 25.2 Å². The zero-order valence-electron chi connectivity index (χ0n) is 17.8. The summed E-state index contributed by atoms with van der Waals surface area (Å²) >= 11 is 0. The molecule has 4 rings (SSSR count). The maximum Gasteiger partial charge on any atom is 0.224 e. The molecule has 1 aromatic carbocycles. The highest BCUT2D eigenvalue weighted by atomic mass is 16.5. The molecule has 158 valence electrons. The summed E-state index contributed by atoms with van der Waals surface area (Å²) in [5, 5.41) is 16.4. The Labute approximate surface area is 176 Å². The number of amides is 1. The van der Waals surface area contributed by atoms with Gasteiger partial charge in [-0.15, -0.1) is 10.2 Å². The highest BCUT2D eigenvalue weighted by molar-refractivity contribution is 5.79. The van der Waals surface area contributed by atoms with Gasteiger partial charge in [0.05, 0.1) is 17.8 Å². The van der Waals surface area contributed by atoms with Crippen LogP contribution in [0.15, 0.2) is 30.3 Å². The first kappa shape index (κ1) is 20.3. The lowest BCUT2D eigenvalue weighted by Crippen LogP contribution is -2.36. The van der Waals surface area contributed by atoms with Crippen LogP contribution in [0, 0.1) is 13.8 Å². The van der Waals surface area contributed by atoms with E-state index in [-0.39, 0.29) is 11.9 Å². The first-order valence-electron chi connectivity index (χ1n) is 10.4. The second-order valence-electron chi connectivity index (χ2n) is 7.78. The Kier molecular flexibility index (Phi) is 5.94. The molecule has 3 aromatic rings. The quantitative estimate of drug-likeness (QED) is 0.676. The molecular formula is C22H28N6O2. The molecule has 30 heavy (non-hydrogen) atoms. The van der Waals surface area contributed by atoms with Crippen molar-refractivity contribution in [2.45, 2.75) is 58.7 Å². The summed E-state index contributed by atoms with van der Waals surface area (Å²) in [6.07, 6.45) is 2.85. The van der Waals surface area contributed by atoms with Crippen LogP contribution in [0.4, 0.5) is 0 Å². The minimum absolute atomic E-state index is 0.0357. The van der Waals surface area contributed by atoms with Crippen LogP contribution in [0.3, 0.4) is 0 Å². The average Bonchev–Trinajstić information content (AvgIpc) is 3.17. The summed E-state index contributed by atoms with van der Waals surface area (Å²) in [5.74, 6) is 1.85. The second-order valence-corrected chi connectivity index (χ2v) is 7.78. The number of nitrogens with zero attached hydrogens (tertiary/aromatic N) is 5. The third kappa shape index (κ3) is 4.14. The SMILES string of the molecule is COCc1nnc2n1CCC(NC(=O)Cc1c(C)nn(-c3ccccc3)c1C)CC2. The predicted octanol–water partition coefficient (Wildman–Crippen LogP) is 2.29. The molecule has 0 bridgehead atoms. The van der Waals surface area contributed by atoms with E-state index in [9.17, 15) is 4.79 Å². The number of hydrogen-bond donors (Lipinski definition) is 1. The van der Waals surface area contributed by atoms with Crippen LogP contribution in [-0.2, 0) is 35.5 Å². The Morgan fingerprint density at radius 1 is 1.20 bits per heavy atom. The molecule has 8 nitrogen and oxygen atoms in total. The number of aromatic nitrogens is 5. The van der Waals surface area contributed by atoms with Crippen molar-refractivity contribution in [2.75, 3.05) is 7.11 Å². The normalized spacial score (nSPS) is 16.2. The summed E-state index contributed by atoms with van der Waals surface area (Å²) in [6, 6.07) is 10.1. The third-order valence-corrected chi connectivity index (χ3v) is 5.74. The van der Waals surface area contributed by atoms with E-state index in [4.69, 9.17) is 4.74 Å². The van der Waals surface area contributed by atoms with E-state index in [1.54, 1.807) is 7.11 Å². The predicted molar refractivity (Wildman–Crippen MR) is 112 cm³/mol. The number of para-hydroxylation sites is 1. The molecule has 3 heterocycles. The molecule has 1 aliphatic rings. The Morgan fingerprint density at radius 2 is 2.00 bits per heavy atom. The van der Waals surface area contributed by atoms with Gasteiger partial charge in [0, 0.05) is 37.4 Å². The van der Waals surface area contributed by atoms with Crippen LogP contribution in [0.25, 0.3) is 5.69 Å². The fourth-order valence-corrected chi connectivity index (χ4v) is 4.12. The van der Waals surface area contributed by atoms with Crippen molar-refractivity contribution >= 4 is 5.91 Å². The van der Waals surface area contributed by atoms with Crippen molar-refractivity contribution in [3.05, 3.63) is 58.9 Å². The number of fused-ring (bicyclic) bond motifs is 1. The van der Waals surface area contributed by atoms with E-state index in [1.807, 2.05) is 48.9 Å². The van der Waals surface area contributed by atoms with Crippen molar-refractivity contribution in [3.63, 3.8) is 0 Å². The third-order valence-electron chi connectivity index (χ3n) is 5.74. The molecule has 8 heteroatoms. The van der Waals surface area contributed by atoms with Crippen LogP contribution >= 0.6 is 0 Å². The smallest absolute Gasteiger partial charge is 0.224 e. The van der Waals surface area contributed by atoms with Gasteiger partial charge in [-0.1, -0.05) is 18.2 Å². The van der Waals surface area contributed by atoms with Gasteiger partial charge in [-0.25, -0.2) is 4.68 Å². The van der Waals surface area contributed by atoms with Crippen molar-refractivity contribution < 1.29 is 9.53 Å². The number of carbonyl (C=O) groups excluding carboxylic acids is 1. The van der Waals surface area contributed by atoms with Crippen LogP contribution in [-0.4, -0.2) is 43.6 Å². The molecular weight excluding hydrogens is 380 g/mol. The Bertz CT molecular complexity index is 1020. The number of methoxy groups -OCH3 is 1. The molecule has 0 saturated heterocycles. The topological polar surface area (TPSA) is 86.9 Å². The van der Waals surface area contributed by atoms with Gasteiger partial charge in [-0.3, -0.25) is 4.79 Å². The molecule has 0 spiro atoms. The van der Waals surface area contributed by atoms with Gasteiger partial charge in [-0.05, 0) is 38.8 Å². The Morgan fingerprint density at radius 3 is 2.77 bits per heavy atom. The minimum atomic E-state index is 0.0357. The lowest BCUT2D eigenvalue weighted by Gasteiger charge is -2.16. The minimum Gasteiger partial charge on any atom is -0.377 e. The van der Waals surface area contributed by atoms with Gasteiger partial charge in [0.2, 0.25) is 5.91 Å². The molecule has 0 fully saturated rings. The maximum absolute atomic E-state index is 12.8. The van der Waals surface area contributed by atoms with Gasteiger partial charge in [0.25, 0.3) is 0 Å². The maximum atomic E-state index is 12.8. The number of nitrogens with one attached hydrogen (secondary N) is 1. The molecule has 2 aromatic heterocycles. The van der Waals surface area contributed by atoms with Crippen LogP contribution in [0.1, 0.15) is 41.4 Å². The molecule has 1 aliphatic heterocycles. The molecule has 1 N–H and O–H groups in total. The number of carbonyl (C=O) groups is 1. The lowest BCUT2D eigenvalue weighted by atomic mass is 10.1. The van der Waals surface area contributed by atoms with E-state index in [0.29, 0.717) is 13.0 Å². The number of aryl methyl sites for hydroxylation is 2. The first-order valence-corrected chi connectivity index (χ1v) is 10.4. The molecule has 1 amide bonds. The van der Waals surface area contributed by atoms with E-state index in [0.717, 1.165) is 60.1 Å². The van der Waals surface area contributed by atoms with Gasteiger partial charge in [0.1, 0.15) is 12.4 Å². The van der Waals surface area contributed by atoms with Crippen molar-refractivity contribution in [1.29, 1.82) is 0 Å². The zero-order valence-corrected chi connectivity index (χ0v) is 17.8. The highest BCUT2D eigenvalue weighted by Gasteiger charge is 2.23. The van der Waals surface area contributed by atoms with Crippen molar-refractivity contribution in [3.8, 4) is 5.69 Å². The molecule has 0 radical (unpaired) electrons. The number of benzene rings is 1. The number of hydrogen-bond acceptors (Lipinski definition) is 5. The largest absolute Gasteiger partial charge is 0.377 e. The summed E-state index contributed by atoms with van der Waals surface area (Å²) in [4.78, 5) is 12.8. The fourth-order valence-electron chi connectivity index (χ4n) is 4.12. The fraction of sp³-hybridized carbons (Fsp3) is 0.455. The molecule has 0 saturated carbocycles. The highest BCUT2D eigenvalue weighted by Crippen LogP contribution is 2.19. The van der Waals surface area contributed by atoms with E-state index < -0.39 is 0 Å². The van der Waals surface area contributed by atoms with Crippen molar-refractivity contribution in [1.82, 2.24) is 29.9 Å². The van der Waals surface area contributed by atoms with Gasteiger partial charge >= 0.3 is 0 Å². The van der Waals surface area contributed by atoms with Crippen molar-refractivity contribution in [2.24, 2.45) is 0 Å². The summed E-state index contributed by atoms with van der Waals surface area (Å²) < 4.78 is 9.23. The number of rotatable bonds is 6. The zero-order chi connectivity index (χ0) is 21.1. The standard InChI is InChI=1S/C22H28N6O2/c1-15-19(16(2)28(26-15)18-7-5-4-6-8-18)13-22(29)23-17-9-10-20-24-25-21(14-30-3)27(20)12-11-17/h4-8,17H,9-14H2,1-3H3,(H,23,29). The molecule has 1 atom stereocenters. The second kappa shape index (κ2) is 8.79. The monoisotopic (exact) mass is 408 g/mol. The first-order chi connectivity index (χ1) is 14.6. The molecule has 1 unspecified atom stereocenters. The average molecular weight is 409 g/mol. The Hall–Kier alpha value is -3.00. The van der Waals surface area contributed by atoms with Gasteiger partial charge in [-0.2, -0.15) is 5.10 Å². The summed E-state index contributed by atoms with van der Waals surface area (Å²) in [5.41, 5.74) is 3.89. The number of ether oxygens (including phenoxy) is 1. The van der Waals surface area contributed by atoms with Gasteiger partial charge < -0.3 is 14.6 Å². The van der Waals surface area contributed by atoms with E-state index in [1.165, 1.54) is 0 Å². The summed E-state index contributed by atoms with van der Waals surface area (Å²) in [7, 11) is 1.66. The van der Waals surface area contributed by atoms with Crippen LogP contribution in [0.2, 0.25) is 0 Å². The van der Waals surface area contributed by atoms with Crippen LogP contribution < -0.4 is 5.32 Å². The van der Waals surface area contributed by atoms with Gasteiger partial charge in [0.15, 0.2) is 5.82 Å². The molecule has 0 aliphatic carbocycles. The van der Waals surface area contributed by atoms with Crippen LogP contribution in [0.5, 0.6) is 0 Å². The van der Waals surface area contributed by atoms with E-state index >= 15 is 0 Å². The summed E-state index contributed by atoms with van der Waals surface area (Å²) in [6.45, 7) is 5.22.